The Hall–Kier alpha value is -2.08. The van der Waals surface area contributed by atoms with Crippen LogP contribution in [0.1, 0.15) is 31.2 Å². The lowest BCUT2D eigenvalue weighted by atomic mass is 9.95. The number of hydrogen-bond donors (Lipinski definition) is 0. The third-order valence-corrected chi connectivity index (χ3v) is 6.01. The van der Waals surface area contributed by atoms with Gasteiger partial charge in [0.15, 0.2) is 0 Å². The molecule has 1 aromatic rings. The summed E-state index contributed by atoms with van der Waals surface area (Å²) in [6.45, 7) is 4.59. The second-order valence-electron chi connectivity index (χ2n) is 8.39. The normalized spacial score (nSPS) is 18.3. The first-order chi connectivity index (χ1) is 13.4. The van der Waals surface area contributed by atoms with Crippen molar-refractivity contribution in [3.8, 4) is 0 Å². The molecule has 0 radical (unpaired) electrons. The van der Waals surface area contributed by atoms with Crippen molar-refractivity contribution in [3.63, 3.8) is 0 Å². The Kier molecular flexibility index (Phi) is 6.94. The van der Waals surface area contributed by atoms with Crippen LogP contribution in [0.5, 0.6) is 0 Å². The summed E-state index contributed by atoms with van der Waals surface area (Å²) in [5.74, 6) is 0.625. The molecule has 0 aromatic heterocycles. The van der Waals surface area contributed by atoms with Crippen molar-refractivity contribution in [2.24, 2.45) is 5.92 Å². The number of rotatable bonds is 6. The highest BCUT2D eigenvalue weighted by atomic mass is 16.2. The number of benzene rings is 1. The van der Waals surface area contributed by atoms with Crippen LogP contribution in [0, 0.1) is 5.92 Å². The molecule has 0 unspecified atom stereocenters. The first-order valence-electron chi connectivity index (χ1n) is 10.5. The van der Waals surface area contributed by atoms with Gasteiger partial charge < -0.3 is 14.7 Å². The standard InChI is InChI=1S/C22H34N4O2/c1-23(2)20-8-6-18(7-9-20)16-24(3)21(27)17-25-14-10-19(11-15-25)22(28)26-12-4-5-13-26/h6-9,19H,4-5,10-17H2,1-3H3. The second-order valence-corrected chi connectivity index (χ2v) is 8.39. The summed E-state index contributed by atoms with van der Waals surface area (Å²) >= 11 is 0. The summed E-state index contributed by atoms with van der Waals surface area (Å²) < 4.78 is 0. The maximum absolute atomic E-state index is 12.6. The minimum Gasteiger partial charge on any atom is -0.378 e. The lowest BCUT2D eigenvalue weighted by Crippen LogP contribution is -2.45. The number of anilines is 1. The maximum atomic E-state index is 12.6. The van der Waals surface area contributed by atoms with Gasteiger partial charge in [0.1, 0.15) is 0 Å². The van der Waals surface area contributed by atoms with E-state index in [1.807, 2.05) is 26.0 Å². The third-order valence-electron chi connectivity index (χ3n) is 6.01. The highest BCUT2D eigenvalue weighted by Gasteiger charge is 2.30. The molecule has 0 N–H and O–H groups in total. The van der Waals surface area contributed by atoms with Crippen LogP contribution in [0.15, 0.2) is 24.3 Å². The lowest BCUT2D eigenvalue weighted by Gasteiger charge is -2.33. The van der Waals surface area contributed by atoms with Crippen molar-refractivity contribution in [1.29, 1.82) is 0 Å². The molecular formula is C22H34N4O2. The van der Waals surface area contributed by atoms with Crippen molar-refractivity contribution < 1.29 is 9.59 Å². The van der Waals surface area contributed by atoms with Gasteiger partial charge in [-0.2, -0.15) is 0 Å². The van der Waals surface area contributed by atoms with E-state index in [4.69, 9.17) is 0 Å². The molecule has 6 heteroatoms. The van der Waals surface area contributed by atoms with Gasteiger partial charge in [-0.15, -0.1) is 0 Å². The number of carbonyl (C=O) groups excluding carboxylic acids is 2. The topological polar surface area (TPSA) is 47.1 Å². The third kappa shape index (κ3) is 5.25. The predicted molar refractivity (Wildman–Crippen MR) is 112 cm³/mol. The average Bonchev–Trinajstić information content (AvgIpc) is 3.23. The first-order valence-corrected chi connectivity index (χ1v) is 10.5. The molecule has 0 saturated carbocycles. The summed E-state index contributed by atoms with van der Waals surface area (Å²) in [4.78, 5) is 33.2. The summed E-state index contributed by atoms with van der Waals surface area (Å²) in [5.41, 5.74) is 2.29. The Morgan fingerprint density at radius 1 is 0.964 bits per heavy atom. The molecule has 2 aliphatic heterocycles. The molecule has 0 aliphatic carbocycles. The van der Waals surface area contributed by atoms with Crippen LogP contribution in [-0.2, 0) is 16.1 Å². The van der Waals surface area contributed by atoms with E-state index in [9.17, 15) is 9.59 Å². The number of likely N-dealkylation sites (tertiary alicyclic amines) is 2. The van der Waals surface area contributed by atoms with Crippen molar-refractivity contribution in [1.82, 2.24) is 14.7 Å². The van der Waals surface area contributed by atoms with Crippen LogP contribution in [0.2, 0.25) is 0 Å². The second kappa shape index (κ2) is 9.41. The molecule has 6 nitrogen and oxygen atoms in total. The molecule has 154 valence electrons. The molecule has 2 fully saturated rings. The molecule has 2 aliphatic rings. The van der Waals surface area contributed by atoms with Crippen LogP contribution in [-0.4, -0.2) is 80.4 Å². The molecule has 1 aromatic carbocycles. The smallest absolute Gasteiger partial charge is 0.236 e. The predicted octanol–water partition coefficient (Wildman–Crippen LogP) is 2.05. The number of piperidine rings is 1. The monoisotopic (exact) mass is 386 g/mol. The molecule has 2 heterocycles. The summed E-state index contributed by atoms with van der Waals surface area (Å²) in [7, 11) is 5.91. The van der Waals surface area contributed by atoms with E-state index in [1.54, 1.807) is 4.90 Å². The minimum absolute atomic E-state index is 0.140. The van der Waals surface area contributed by atoms with Gasteiger partial charge in [0.2, 0.25) is 11.8 Å². The van der Waals surface area contributed by atoms with Gasteiger partial charge in [-0.3, -0.25) is 14.5 Å². The molecule has 3 rings (SSSR count). The fourth-order valence-electron chi connectivity index (χ4n) is 4.11. The Labute approximate surface area is 169 Å². The van der Waals surface area contributed by atoms with Gasteiger partial charge in [0.05, 0.1) is 6.54 Å². The van der Waals surface area contributed by atoms with Gasteiger partial charge in [-0.25, -0.2) is 0 Å². The zero-order valence-electron chi connectivity index (χ0n) is 17.6. The fraction of sp³-hybridized carbons (Fsp3) is 0.636. The molecule has 28 heavy (non-hydrogen) atoms. The first kappa shape index (κ1) is 20.6. The van der Waals surface area contributed by atoms with Crippen molar-refractivity contribution in [2.45, 2.75) is 32.2 Å². The van der Waals surface area contributed by atoms with Gasteiger partial charge in [0, 0.05) is 52.4 Å². The highest BCUT2D eigenvalue weighted by molar-refractivity contribution is 5.79. The largest absolute Gasteiger partial charge is 0.378 e. The number of nitrogens with zero attached hydrogens (tertiary/aromatic N) is 4. The summed E-state index contributed by atoms with van der Waals surface area (Å²) in [6, 6.07) is 8.31. The summed E-state index contributed by atoms with van der Waals surface area (Å²) in [5, 5.41) is 0. The van der Waals surface area contributed by atoms with E-state index in [0.29, 0.717) is 19.0 Å². The van der Waals surface area contributed by atoms with Crippen LogP contribution < -0.4 is 4.90 Å². The molecular weight excluding hydrogens is 352 g/mol. The van der Waals surface area contributed by atoms with Gasteiger partial charge >= 0.3 is 0 Å². The van der Waals surface area contributed by atoms with Crippen molar-refractivity contribution in [2.75, 3.05) is 58.8 Å². The highest BCUT2D eigenvalue weighted by Crippen LogP contribution is 2.22. The Balaban J connectivity index is 1.42. The molecule has 2 amide bonds. The van der Waals surface area contributed by atoms with Crippen molar-refractivity contribution >= 4 is 17.5 Å². The van der Waals surface area contributed by atoms with Crippen LogP contribution in [0.3, 0.4) is 0 Å². The van der Waals surface area contributed by atoms with E-state index in [0.717, 1.165) is 63.1 Å². The number of hydrogen-bond acceptors (Lipinski definition) is 4. The molecule has 0 spiro atoms. The number of carbonyl (C=O) groups is 2. The quantitative estimate of drug-likeness (QED) is 0.751. The average molecular weight is 387 g/mol. The maximum Gasteiger partial charge on any atom is 0.236 e. The number of amides is 2. The molecule has 2 saturated heterocycles. The van der Waals surface area contributed by atoms with Gasteiger partial charge in [-0.05, 0) is 56.5 Å². The van der Waals surface area contributed by atoms with E-state index < -0.39 is 0 Å². The zero-order valence-corrected chi connectivity index (χ0v) is 17.6. The van der Waals surface area contributed by atoms with E-state index in [1.165, 1.54) is 0 Å². The fourth-order valence-corrected chi connectivity index (χ4v) is 4.11. The lowest BCUT2D eigenvalue weighted by molar-refractivity contribution is -0.136. The zero-order chi connectivity index (χ0) is 20.1. The van der Waals surface area contributed by atoms with Gasteiger partial charge in [-0.1, -0.05) is 12.1 Å². The van der Waals surface area contributed by atoms with Crippen LogP contribution in [0.4, 0.5) is 5.69 Å². The van der Waals surface area contributed by atoms with E-state index in [2.05, 4.69) is 34.1 Å². The Morgan fingerprint density at radius 3 is 2.14 bits per heavy atom. The number of likely N-dealkylation sites (N-methyl/N-ethyl adjacent to an activating group) is 1. The van der Waals surface area contributed by atoms with Crippen LogP contribution >= 0.6 is 0 Å². The van der Waals surface area contributed by atoms with E-state index in [-0.39, 0.29) is 11.8 Å². The van der Waals surface area contributed by atoms with E-state index >= 15 is 0 Å². The minimum atomic E-state index is 0.140. The Morgan fingerprint density at radius 2 is 1.57 bits per heavy atom. The van der Waals surface area contributed by atoms with Gasteiger partial charge in [0.25, 0.3) is 0 Å². The molecule has 0 atom stereocenters. The van der Waals surface area contributed by atoms with Crippen molar-refractivity contribution in [3.05, 3.63) is 29.8 Å². The molecule has 0 bridgehead atoms. The summed E-state index contributed by atoms with van der Waals surface area (Å²) in [6.07, 6.45) is 4.03. The van der Waals surface area contributed by atoms with Crippen LogP contribution in [0.25, 0.3) is 0 Å². The Bertz CT molecular complexity index is 660. The SMILES string of the molecule is CN(Cc1ccc(N(C)C)cc1)C(=O)CN1CCC(C(=O)N2CCCC2)CC1.